The fourth-order valence-corrected chi connectivity index (χ4v) is 3.12. The van der Waals surface area contributed by atoms with E-state index in [1.54, 1.807) is 4.31 Å². The van der Waals surface area contributed by atoms with Crippen LogP contribution in [0.15, 0.2) is 0 Å². The molecule has 0 bridgehead atoms. The highest BCUT2D eigenvalue weighted by Gasteiger charge is 2.22. The van der Waals surface area contributed by atoms with Gasteiger partial charge >= 0.3 is 0 Å². The predicted molar refractivity (Wildman–Crippen MR) is 75.2 cm³/mol. The van der Waals surface area contributed by atoms with Gasteiger partial charge in [0.15, 0.2) is 0 Å². The van der Waals surface area contributed by atoms with Crippen molar-refractivity contribution in [2.24, 2.45) is 0 Å². The lowest BCUT2D eigenvalue weighted by Gasteiger charge is -2.33. The van der Waals surface area contributed by atoms with E-state index in [9.17, 15) is 8.42 Å². The average molecular weight is 277 g/mol. The van der Waals surface area contributed by atoms with Crippen molar-refractivity contribution in [3.05, 3.63) is 0 Å². The molecule has 1 saturated heterocycles. The van der Waals surface area contributed by atoms with Gasteiger partial charge in [0, 0.05) is 45.3 Å². The van der Waals surface area contributed by atoms with Crippen molar-refractivity contribution in [2.45, 2.75) is 32.7 Å². The minimum atomic E-state index is -3.00. The van der Waals surface area contributed by atoms with Crippen molar-refractivity contribution in [1.82, 2.24) is 14.5 Å². The molecule has 0 spiro atoms. The van der Waals surface area contributed by atoms with Crippen molar-refractivity contribution in [3.63, 3.8) is 0 Å². The Kier molecular flexibility index (Phi) is 6.55. The maximum absolute atomic E-state index is 11.4. The van der Waals surface area contributed by atoms with Crippen molar-refractivity contribution in [1.29, 1.82) is 0 Å². The maximum Gasteiger partial charge on any atom is 0.211 e. The van der Waals surface area contributed by atoms with E-state index in [0.29, 0.717) is 19.1 Å². The molecule has 1 fully saturated rings. The summed E-state index contributed by atoms with van der Waals surface area (Å²) in [6, 6.07) is 0.576. The first kappa shape index (κ1) is 15.9. The first-order valence-electron chi connectivity index (χ1n) is 6.84. The Bertz CT molecular complexity index is 324. The van der Waals surface area contributed by atoms with Gasteiger partial charge in [-0.3, -0.25) is 4.90 Å². The Labute approximate surface area is 112 Å². The first-order valence-corrected chi connectivity index (χ1v) is 8.69. The molecule has 0 amide bonds. The minimum absolute atomic E-state index is 0.576. The third-order valence-electron chi connectivity index (χ3n) is 3.44. The summed E-state index contributed by atoms with van der Waals surface area (Å²) in [4.78, 5) is 2.33. The van der Waals surface area contributed by atoms with Crippen LogP contribution >= 0.6 is 0 Å². The fourth-order valence-electron chi connectivity index (χ4n) is 2.29. The second-order valence-electron chi connectivity index (χ2n) is 5.15. The number of nitrogens with one attached hydrogen (secondary N) is 1. The molecule has 0 aliphatic carbocycles. The first-order chi connectivity index (χ1) is 8.43. The molecule has 0 aromatic heterocycles. The van der Waals surface area contributed by atoms with Gasteiger partial charge in [0.1, 0.15) is 0 Å². The molecule has 1 N–H and O–H groups in total. The molecule has 108 valence electrons. The molecule has 1 rings (SSSR count). The van der Waals surface area contributed by atoms with Crippen molar-refractivity contribution >= 4 is 10.0 Å². The molecule has 5 nitrogen and oxygen atoms in total. The Balaban J connectivity index is 2.16. The molecule has 0 aromatic rings. The summed E-state index contributed by atoms with van der Waals surface area (Å²) >= 11 is 0. The van der Waals surface area contributed by atoms with E-state index in [1.165, 1.54) is 19.1 Å². The van der Waals surface area contributed by atoms with Crippen LogP contribution in [-0.4, -0.2) is 69.2 Å². The van der Waals surface area contributed by atoms with E-state index < -0.39 is 10.0 Å². The third kappa shape index (κ3) is 5.65. The smallest absolute Gasteiger partial charge is 0.211 e. The summed E-state index contributed by atoms with van der Waals surface area (Å²) in [5.74, 6) is 0. The van der Waals surface area contributed by atoms with Gasteiger partial charge in [0.2, 0.25) is 10.0 Å². The van der Waals surface area contributed by atoms with Crippen LogP contribution in [0.4, 0.5) is 0 Å². The monoisotopic (exact) mass is 277 g/mol. The van der Waals surface area contributed by atoms with Crippen LogP contribution in [0.1, 0.15) is 26.7 Å². The Morgan fingerprint density at radius 2 is 1.83 bits per heavy atom. The van der Waals surface area contributed by atoms with Crippen molar-refractivity contribution < 1.29 is 8.42 Å². The minimum Gasteiger partial charge on any atom is -0.313 e. The lowest BCUT2D eigenvalue weighted by molar-refractivity contribution is 0.188. The van der Waals surface area contributed by atoms with E-state index >= 15 is 0 Å². The molecule has 18 heavy (non-hydrogen) atoms. The largest absolute Gasteiger partial charge is 0.313 e. The molecule has 6 heteroatoms. The molecule has 1 aliphatic rings. The molecule has 0 saturated carbocycles. The van der Waals surface area contributed by atoms with Gasteiger partial charge in [-0.25, -0.2) is 8.42 Å². The second-order valence-corrected chi connectivity index (χ2v) is 7.13. The van der Waals surface area contributed by atoms with E-state index in [-0.39, 0.29) is 0 Å². The lowest BCUT2D eigenvalue weighted by atomic mass is 10.2. The van der Waals surface area contributed by atoms with Crippen LogP contribution in [-0.2, 0) is 10.0 Å². The number of sulfonamides is 1. The molecule has 1 unspecified atom stereocenters. The van der Waals surface area contributed by atoms with Crippen LogP contribution in [0.25, 0.3) is 0 Å². The molecule has 1 atom stereocenters. The van der Waals surface area contributed by atoms with Gasteiger partial charge in [-0.15, -0.1) is 0 Å². The summed E-state index contributed by atoms with van der Waals surface area (Å²) in [5.41, 5.74) is 0. The lowest BCUT2D eigenvalue weighted by Crippen LogP contribution is -2.50. The summed E-state index contributed by atoms with van der Waals surface area (Å²) < 4.78 is 24.3. The van der Waals surface area contributed by atoms with Crippen LogP contribution in [0.3, 0.4) is 0 Å². The number of hydrogen-bond donors (Lipinski definition) is 1. The van der Waals surface area contributed by atoms with Gasteiger partial charge in [-0.1, -0.05) is 13.3 Å². The zero-order valence-corrected chi connectivity index (χ0v) is 12.7. The van der Waals surface area contributed by atoms with Crippen molar-refractivity contribution in [3.8, 4) is 0 Å². The van der Waals surface area contributed by atoms with E-state index in [1.807, 2.05) is 0 Å². The van der Waals surface area contributed by atoms with Crippen molar-refractivity contribution in [2.75, 3.05) is 45.5 Å². The highest BCUT2D eigenvalue weighted by molar-refractivity contribution is 7.88. The highest BCUT2D eigenvalue weighted by atomic mass is 32.2. The van der Waals surface area contributed by atoms with Gasteiger partial charge in [-0.2, -0.15) is 4.31 Å². The second kappa shape index (κ2) is 7.43. The molecule has 0 aromatic carbocycles. The summed E-state index contributed by atoms with van der Waals surface area (Å²) in [6.07, 6.45) is 3.71. The third-order valence-corrected chi connectivity index (χ3v) is 4.75. The SMILES string of the molecule is CCCC(C)NCCN1CCN(S(C)(=O)=O)CC1. The van der Waals surface area contributed by atoms with Gasteiger partial charge < -0.3 is 5.32 Å². The van der Waals surface area contributed by atoms with Crippen LogP contribution in [0, 0.1) is 0 Å². The zero-order chi connectivity index (χ0) is 13.6. The van der Waals surface area contributed by atoms with E-state index in [2.05, 4.69) is 24.1 Å². The Hall–Kier alpha value is -0.170. The molecular formula is C12H27N3O2S. The number of nitrogens with zero attached hydrogens (tertiary/aromatic N) is 2. The molecule has 0 radical (unpaired) electrons. The summed E-state index contributed by atoms with van der Waals surface area (Å²) in [7, 11) is -3.00. The standard InChI is InChI=1S/C12H27N3O2S/c1-4-5-12(2)13-6-7-14-8-10-15(11-9-14)18(3,16)17/h12-13H,4-11H2,1-3H3. The molecule has 1 aliphatic heterocycles. The average Bonchev–Trinajstić information content (AvgIpc) is 2.29. The van der Waals surface area contributed by atoms with E-state index in [0.717, 1.165) is 26.2 Å². The van der Waals surface area contributed by atoms with E-state index in [4.69, 9.17) is 0 Å². The van der Waals surface area contributed by atoms with Gasteiger partial charge in [-0.05, 0) is 13.3 Å². The molecular weight excluding hydrogens is 250 g/mol. The Morgan fingerprint density at radius 1 is 1.22 bits per heavy atom. The Morgan fingerprint density at radius 3 is 2.33 bits per heavy atom. The highest BCUT2D eigenvalue weighted by Crippen LogP contribution is 2.05. The van der Waals surface area contributed by atoms with Crippen LogP contribution in [0.5, 0.6) is 0 Å². The predicted octanol–water partition coefficient (Wildman–Crippen LogP) is 0.342. The number of hydrogen-bond acceptors (Lipinski definition) is 4. The zero-order valence-electron chi connectivity index (χ0n) is 11.9. The summed E-state index contributed by atoms with van der Waals surface area (Å²) in [6.45, 7) is 9.35. The number of piperazine rings is 1. The van der Waals surface area contributed by atoms with Crippen LogP contribution < -0.4 is 5.32 Å². The molecule has 1 heterocycles. The fraction of sp³-hybridized carbons (Fsp3) is 1.00. The summed E-state index contributed by atoms with van der Waals surface area (Å²) in [5, 5.41) is 3.50. The van der Waals surface area contributed by atoms with Crippen LogP contribution in [0.2, 0.25) is 0 Å². The van der Waals surface area contributed by atoms with Gasteiger partial charge in [0.05, 0.1) is 6.26 Å². The van der Waals surface area contributed by atoms with Gasteiger partial charge in [0.25, 0.3) is 0 Å². The number of rotatable bonds is 7. The maximum atomic E-state index is 11.4. The normalized spacial score (nSPS) is 21.1. The quantitative estimate of drug-likeness (QED) is 0.729. The topological polar surface area (TPSA) is 52.6 Å².